The first kappa shape index (κ1) is 20.4. The number of anilines is 1. The lowest BCUT2D eigenvalue weighted by Crippen LogP contribution is -2.16. The first-order valence-corrected chi connectivity index (χ1v) is 8.79. The van der Waals surface area contributed by atoms with Crippen molar-refractivity contribution in [3.63, 3.8) is 0 Å². The van der Waals surface area contributed by atoms with E-state index in [-0.39, 0.29) is 16.7 Å². The van der Waals surface area contributed by atoms with Gasteiger partial charge in [-0.3, -0.25) is 0 Å². The lowest BCUT2D eigenvalue weighted by atomic mass is 9.81. The van der Waals surface area contributed by atoms with E-state index in [0.717, 1.165) is 17.5 Å². The molecule has 146 valence electrons. The summed E-state index contributed by atoms with van der Waals surface area (Å²) in [5.74, 6) is -0.0301. The van der Waals surface area contributed by atoms with Crippen molar-refractivity contribution in [2.45, 2.75) is 39.2 Å². The number of carboxylic acid groups (broad SMARTS) is 1. The fourth-order valence-electron chi connectivity index (χ4n) is 2.77. The Morgan fingerprint density at radius 3 is 2.15 bits per heavy atom. The maximum atomic E-state index is 11.0. The Hall–Kier alpha value is -2.89. The third kappa shape index (κ3) is 4.45. The van der Waals surface area contributed by atoms with E-state index in [0.29, 0.717) is 23.7 Å². The van der Waals surface area contributed by atoms with Gasteiger partial charge in [-0.2, -0.15) is 0 Å². The lowest BCUT2D eigenvalue weighted by Gasteiger charge is -2.26. The maximum Gasteiger partial charge on any atom is 0.339 e. The van der Waals surface area contributed by atoms with Gasteiger partial charge in [0.2, 0.25) is 0 Å². The van der Waals surface area contributed by atoms with Crippen LogP contribution < -0.4 is 14.8 Å². The number of phenols is 1. The number of hydrogen-bond acceptors (Lipinski definition) is 5. The molecule has 0 radical (unpaired) electrons. The van der Waals surface area contributed by atoms with Crippen molar-refractivity contribution in [2.75, 3.05) is 19.5 Å². The predicted octanol–water partition coefficient (Wildman–Crippen LogP) is 4.41. The molecule has 2 aromatic carbocycles. The minimum atomic E-state index is -1.17. The summed E-state index contributed by atoms with van der Waals surface area (Å²) in [6.45, 7) is 6.88. The molecule has 0 spiro atoms. The Morgan fingerprint density at radius 1 is 1.11 bits per heavy atom. The zero-order valence-corrected chi connectivity index (χ0v) is 16.4. The number of nitrogens with one attached hydrogen (secondary N) is 1. The lowest BCUT2D eigenvalue weighted by molar-refractivity contribution is 0.0694. The Labute approximate surface area is 159 Å². The van der Waals surface area contributed by atoms with E-state index in [2.05, 4.69) is 26.1 Å². The molecule has 0 amide bonds. The van der Waals surface area contributed by atoms with Crippen LogP contribution in [0.1, 0.15) is 48.7 Å². The van der Waals surface area contributed by atoms with Crippen LogP contribution in [0.15, 0.2) is 30.3 Å². The molecule has 6 heteroatoms. The maximum absolute atomic E-state index is 11.0. The summed E-state index contributed by atoms with van der Waals surface area (Å²) in [4.78, 5) is 11.0. The number of ether oxygens (including phenoxy) is 2. The predicted molar refractivity (Wildman–Crippen MR) is 105 cm³/mol. The molecule has 27 heavy (non-hydrogen) atoms. The van der Waals surface area contributed by atoms with Crippen molar-refractivity contribution >= 4 is 11.7 Å². The molecule has 3 N–H and O–H groups in total. The Morgan fingerprint density at radius 2 is 1.70 bits per heavy atom. The van der Waals surface area contributed by atoms with Crippen LogP contribution in [0.5, 0.6) is 17.2 Å². The quantitative estimate of drug-likeness (QED) is 0.635. The van der Waals surface area contributed by atoms with E-state index >= 15 is 0 Å². The van der Waals surface area contributed by atoms with Crippen LogP contribution in [0.2, 0.25) is 0 Å². The molecular formula is C21H27NO5. The minimum Gasteiger partial charge on any atom is -0.507 e. The van der Waals surface area contributed by atoms with Gasteiger partial charge in [-0.05, 0) is 41.7 Å². The standard InChI is InChI=1S/C21H27NO5/c1-6-21(2,3)13-9-18(26-4)16(19(10-13)27-5)12-22-14-7-8-15(20(24)25)17(23)11-14/h7-11,22-23H,6,12H2,1-5H3,(H,24,25). The van der Waals surface area contributed by atoms with Crippen LogP contribution in [0, 0.1) is 0 Å². The van der Waals surface area contributed by atoms with Gasteiger partial charge in [0.05, 0.1) is 19.8 Å². The highest BCUT2D eigenvalue weighted by Crippen LogP contribution is 2.37. The first-order valence-electron chi connectivity index (χ1n) is 8.79. The third-order valence-electron chi connectivity index (χ3n) is 4.97. The number of rotatable bonds is 8. The molecule has 0 saturated heterocycles. The number of carbonyl (C=O) groups is 1. The smallest absolute Gasteiger partial charge is 0.339 e. The van der Waals surface area contributed by atoms with Gasteiger partial charge >= 0.3 is 5.97 Å². The van der Waals surface area contributed by atoms with Crippen LogP contribution in [0.25, 0.3) is 0 Å². The summed E-state index contributed by atoms with van der Waals surface area (Å²) in [7, 11) is 3.24. The van der Waals surface area contributed by atoms with Gasteiger partial charge < -0.3 is 25.0 Å². The van der Waals surface area contributed by atoms with Gasteiger partial charge in [-0.1, -0.05) is 20.8 Å². The number of hydrogen-bond donors (Lipinski definition) is 3. The van der Waals surface area contributed by atoms with E-state index in [1.165, 1.54) is 12.1 Å². The second kappa shape index (κ2) is 8.20. The highest BCUT2D eigenvalue weighted by Gasteiger charge is 2.22. The number of aromatic carboxylic acids is 1. The van der Waals surface area contributed by atoms with Gasteiger partial charge in [-0.25, -0.2) is 4.79 Å². The molecule has 0 aliphatic carbocycles. The van der Waals surface area contributed by atoms with E-state index in [4.69, 9.17) is 14.6 Å². The fourth-order valence-corrected chi connectivity index (χ4v) is 2.77. The zero-order valence-electron chi connectivity index (χ0n) is 16.4. The molecule has 2 rings (SSSR count). The van der Waals surface area contributed by atoms with E-state index in [1.54, 1.807) is 20.3 Å². The fraction of sp³-hybridized carbons (Fsp3) is 0.381. The Balaban J connectivity index is 2.33. The molecule has 0 aliphatic rings. The first-order chi connectivity index (χ1) is 12.7. The average molecular weight is 373 g/mol. The highest BCUT2D eigenvalue weighted by atomic mass is 16.5. The van der Waals surface area contributed by atoms with Crippen molar-refractivity contribution in [3.05, 3.63) is 47.0 Å². The SMILES string of the molecule is CCC(C)(C)c1cc(OC)c(CNc2ccc(C(=O)O)c(O)c2)c(OC)c1. The normalized spacial score (nSPS) is 11.1. The van der Waals surface area contributed by atoms with Crippen molar-refractivity contribution in [3.8, 4) is 17.2 Å². The van der Waals surface area contributed by atoms with Gasteiger partial charge in [-0.15, -0.1) is 0 Å². The summed E-state index contributed by atoms with van der Waals surface area (Å²) in [6, 6.07) is 8.40. The summed E-state index contributed by atoms with van der Waals surface area (Å²) < 4.78 is 11.2. The monoisotopic (exact) mass is 373 g/mol. The molecule has 0 heterocycles. The molecule has 0 unspecified atom stereocenters. The molecule has 0 fully saturated rings. The summed E-state index contributed by atoms with van der Waals surface area (Å²) in [6.07, 6.45) is 0.978. The molecular weight excluding hydrogens is 346 g/mol. The minimum absolute atomic E-state index is 0.00896. The molecule has 0 atom stereocenters. The second-order valence-electron chi connectivity index (χ2n) is 6.99. The van der Waals surface area contributed by atoms with Crippen LogP contribution in [-0.2, 0) is 12.0 Å². The molecule has 0 saturated carbocycles. The van der Waals surface area contributed by atoms with Crippen molar-refractivity contribution < 1.29 is 24.5 Å². The number of aromatic hydroxyl groups is 1. The van der Waals surface area contributed by atoms with Crippen LogP contribution >= 0.6 is 0 Å². The van der Waals surface area contributed by atoms with Gasteiger partial charge in [0.25, 0.3) is 0 Å². The van der Waals surface area contributed by atoms with Crippen LogP contribution in [0.4, 0.5) is 5.69 Å². The van der Waals surface area contributed by atoms with Crippen LogP contribution in [0.3, 0.4) is 0 Å². The average Bonchev–Trinajstić information content (AvgIpc) is 2.65. The summed E-state index contributed by atoms with van der Waals surface area (Å²) in [5.41, 5.74) is 2.43. The largest absolute Gasteiger partial charge is 0.507 e. The van der Waals surface area contributed by atoms with E-state index < -0.39 is 5.97 Å². The Bertz CT molecular complexity index is 804. The number of methoxy groups -OCH3 is 2. The van der Waals surface area contributed by atoms with Crippen molar-refractivity contribution in [2.24, 2.45) is 0 Å². The van der Waals surface area contributed by atoms with Crippen LogP contribution in [-0.4, -0.2) is 30.4 Å². The van der Waals surface area contributed by atoms with Gasteiger partial charge in [0, 0.05) is 18.3 Å². The third-order valence-corrected chi connectivity index (χ3v) is 4.97. The van der Waals surface area contributed by atoms with Crippen molar-refractivity contribution in [1.29, 1.82) is 0 Å². The topological polar surface area (TPSA) is 88.0 Å². The molecule has 6 nitrogen and oxygen atoms in total. The second-order valence-corrected chi connectivity index (χ2v) is 6.99. The summed E-state index contributed by atoms with van der Waals surface area (Å²) in [5, 5.41) is 22.0. The molecule has 0 aliphatic heterocycles. The highest BCUT2D eigenvalue weighted by molar-refractivity contribution is 5.91. The van der Waals surface area contributed by atoms with E-state index in [1.807, 2.05) is 12.1 Å². The Kier molecular flexibility index (Phi) is 6.20. The summed E-state index contributed by atoms with van der Waals surface area (Å²) >= 11 is 0. The van der Waals surface area contributed by atoms with Gasteiger partial charge in [0.1, 0.15) is 22.8 Å². The molecule has 2 aromatic rings. The van der Waals surface area contributed by atoms with E-state index in [9.17, 15) is 9.90 Å². The zero-order chi connectivity index (χ0) is 20.2. The molecule has 0 bridgehead atoms. The molecule has 0 aromatic heterocycles. The van der Waals surface area contributed by atoms with Crippen molar-refractivity contribution in [1.82, 2.24) is 0 Å². The number of benzene rings is 2. The van der Waals surface area contributed by atoms with Gasteiger partial charge in [0.15, 0.2) is 0 Å². The number of carboxylic acids is 1.